The second kappa shape index (κ2) is 8.33. The molecule has 0 saturated heterocycles. The van der Waals surface area contributed by atoms with Crippen molar-refractivity contribution in [1.82, 2.24) is 9.55 Å². The minimum Gasteiger partial charge on any atom is -0.306 e. The molecule has 0 N–H and O–H groups in total. The zero-order chi connectivity index (χ0) is 21.1. The van der Waals surface area contributed by atoms with Crippen molar-refractivity contribution in [2.75, 3.05) is 4.90 Å². The molecule has 0 radical (unpaired) electrons. The van der Waals surface area contributed by atoms with Gasteiger partial charge in [0.05, 0.1) is 17.4 Å². The molecule has 150 valence electrons. The summed E-state index contributed by atoms with van der Waals surface area (Å²) in [5, 5.41) is 0.515. The lowest BCUT2D eigenvalue weighted by Gasteiger charge is -2.24. The summed E-state index contributed by atoms with van der Waals surface area (Å²) < 4.78 is 1.46. The second-order valence-electron chi connectivity index (χ2n) is 7.37. The van der Waals surface area contributed by atoms with Crippen LogP contribution in [-0.2, 0) is 17.9 Å². The van der Waals surface area contributed by atoms with Gasteiger partial charge in [-0.1, -0.05) is 54.6 Å². The Morgan fingerprint density at radius 1 is 0.933 bits per heavy atom. The molecule has 0 saturated carbocycles. The molecule has 1 amide bonds. The Kier molecular flexibility index (Phi) is 5.44. The number of carbonyl (C=O) groups is 1. The standard InChI is InChI=1S/C25H23N3O2/c1-18-9-8-12-21(15-18)28(16-20-10-4-3-5-11-20)24(29)17-27-19(2)26-23-14-7-6-13-22(23)25(27)30/h3-15H,16-17H2,1-2H3. The Morgan fingerprint density at radius 2 is 1.67 bits per heavy atom. The summed E-state index contributed by atoms with van der Waals surface area (Å²) in [6.07, 6.45) is 0. The van der Waals surface area contributed by atoms with E-state index in [1.807, 2.05) is 73.7 Å². The van der Waals surface area contributed by atoms with Crippen LogP contribution < -0.4 is 10.5 Å². The fourth-order valence-electron chi connectivity index (χ4n) is 3.57. The van der Waals surface area contributed by atoms with Crippen LogP contribution >= 0.6 is 0 Å². The number of aromatic nitrogens is 2. The number of para-hydroxylation sites is 1. The number of nitrogens with zero attached hydrogens (tertiary/aromatic N) is 3. The van der Waals surface area contributed by atoms with E-state index in [4.69, 9.17) is 0 Å². The fraction of sp³-hybridized carbons (Fsp3) is 0.160. The molecule has 5 nitrogen and oxygen atoms in total. The lowest BCUT2D eigenvalue weighted by atomic mass is 10.1. The van der Waals surface area contributed by atoms with Gasteiger partial charge in [0, 0.05) is 5.69 Å². The van der Waals surface area contributed by atoms with Crippen LogP contribution in [0.25, 0.3) is 10.9 Å². The molecule has 0 spiro atoms. The zero-order valence-corrected chi connectivity index (χ0v) is 17.1. The Morgan fingerprint density at radius 3 is 2.43 bits per heavy atom. The van der Waals surface area contributed by atoms with Crippen molar-refractivity contribution in [2.24, 2.45) is 0 Å². The summed E-state index contributed by atoms with van der Waals surface area (Å²) in [7, 11) is 0. The molecule has 0 fully saturated rings. The summed E-state index contributed by atoms with van der Waals surface area (Å²) in [5.41, 5.74) is 3.34. The summed E-state index contributed by atoms with van der Waals surface area (Å²) in [6, 6.07) is 24.9. The molecule has 0 aliphatic heterocycles. The van der Waals surface area contributed by atoms with Gasteiger partial charge in [-0.15, -0.1) is 0 Å². The zero-order valence-electron chi connectivity index (χ0n) is 17.1. The average Bonchev–Trinajstić information content (AvgIpc) is 2.75. The minimum absolute atomic E-state index is 0.0662. The molecule has 1 heterocycles. The van der Waals surface area contributed by atoms with Gasteiger partial charge in [0.25, 0.3) is 5.56 Å². The maximum absolute atomic E-state index is 13.4. The highest BCUT2D eigenvalue weighted by molar-refractivity contribution is 5.93. The normalized spacial score (nSPS) is 10.9. The summed E-state index contributed by atoms with van der Waals surface area (Å²) in [6.45, 7) is 4.12. The molecule has 4 aromatic rings. The molecule has 0 unspecified atom stereocenters. The highest BCUT2D eigenvalue weighted by Crippen LogP contribution is 2.20. The molecular weight excluding hydrogens is 374 g/mol. The molecule has 3 aromatic carbocycles. The fourth-order valence-corrected chi connectivity index (χ4v) is 3.57. The lowest BCUT2D eigenvalue weighted by Crippen LogP contribution is -2.37. The Labute approximate surface area is 175 Å². The number of fused-ring (bicyclic) bond motifs is 1. The van der Waals surface area contributed by atoms with Gasteiger partial charge in [-0.25, -0.2) is 4.98 Å². The monoisotopic (exact) mass is 397 g/mol. The molecule has 0 aliphatic carbocycles. The van der Waals surface area contributed by atoms with Gasteiger partial charge in [-0.05, 0) is 49.2 Å². The van der Waals surface area contributed by atoms with Crippen LogP contribution in [0.2, 0.25) is 0 Å². The highest BCUT2D eigenvalue weighted by Gasteiger charge is 2.19. The smallest absolute Gasteiger partial charge is 0.261 e. The van der Waals surface area contributed by atoms with Crippen molar-refractivity contribution in [2.45, 2.75) is 26.9 Å². The van der Waals surface area contributed by atoms with Crippen LogP contribution in [0.4, 0.5) is 5.69 Å². The first-order valence-corrected chi connectivity index (χ1v) is 9.90. The van der Waals surface area contributed by atoms with Crippen molar-refractivity contribution < 1.29 is 4.79 Å². The minimum atomic E-state index is -0.199. The van der Waals surface area contributed by atoms with Crippen molar-refractivity contribution >= 4 is 22.5 Å². The first-order chi connectivity index (χ1) is 14.5. The van der Waals surface area contributed by atoms with Crippen LogP contribution in [0.1, 0.15) is 17.0 Å². The van der Waals surface area contributed by atoms with E-state index in [1.54, 1.807) is 24.0 Å². The first-order valence-electron chi connectivity index (χ1n) is 9.90. The van der Waals surface area contributed by atoms with Crippen LogP contribution in [0.3, 0.4) is 0 Å². The maximum atomic E-state index is 13.4. The van der Waals surface area contributed by atoms with Gasteiger partial charge in [0.2, 0.25) is 5.91 Å². The lowest BCUT2D eigenvalue weighted by molar-refractivity contribution is -0.119. The van der Waals surface area contributed by atoms with E-state index in [2.05, 4.69) is 4.98 Å². The molecule has 5 heteroatoms. The number of hydrogen-bond acceptors (Lipinski definition) is 3. The van der Waals surface area contributed by atoms with E-state index in [0.717, 1.165) is 16.8 Å². The number of benzene rings is 3. The Hall–Kier alpha value is -3.73. The predicted molar refractivity (Wildman–Crippen MR) is 120 cm³/mol. The van der Waals surface area contributed by atoms with Gasteiger partial charge in [-0.3, -0.25) is 14.2 Å². The van der Waals surface area contributed by atoms with Crippen LogP contribution in [0.5, 0.6) is 0 Å². The Balaban J connectivity index is 1.72. The summed E-state index contributed by atoms with van der Waals surface area (Å²) >= 11 is 0. The number of rotatable bonds is 5. The van der Waals surface area contributed by atoms with Crippen LogP contribution in [-0.4, -0.2) is 15.5 Å². The number of amides is 1. The third-order valence-electron chi connectivity index (χ3n) is 5.14. The van der Waals surface area contributed by atoms with E-state index in [-0.39, 0.29) is 18.0 Å². The predicted octanol–water partition coefficient (Wildman–Crippen LogP) is 4.25. The molecule has 4 rings (SSSR count). The summed E-state index contributed by atoms with van der Waals surface area (Å²) in [4.78, 5) is 32.7. The first kappa shape index (κ1) is 19.6. The quantitative estimate of drug-likeness (QED) is 0.506. The van der Waals surface area contributed by atoms with Crippen molar-refractivity contribution in [3.8, 4) is 0 Å². The topological polar surface area (TPSA) is 55.2 Å². The van der Waals surface area contributed by atoms with Crippen molar-refractivity contribution in [3.05, 3.63) is 106 Å². The number of aryl methyl sites for hydroxylation is 2. The van der Waals surface area contributed by atoms with Gasteiger partial charge in [0.15, 0.2) is 0 Å². The SMILES string of the molecule is Cc1cccc(N(Cc2ccccc2)C(=O)Cn2c(C)nc3ccccc3c2=O)c1. The van der Waals surface area contributed by atoms with Gasteiger partial charge in [0.1, 0.15) is 12.4 Å². The van der Waals surface area contributed by atoms with E-state index in [0.29, 0.717) is 23.3 Å². The van der Waals surface area contributed by atoms with Crippen LogP contribution in [0.15, 0.2) is 83.7 Å². The van der Waals surface area contributed by atoms with E-state index in [9.17, 15) is 9.59 Å². The van der Waals surface area contributed by atoms with Crippen molar-refractivity contribution in [3.63, 3.8) is 0 Å². The van der Waals surface area contributed by atoms with Gasteiger partial charge < -0.3 is 4.90 Å². The molecule has 0 bridgehead atoms. The van der Waals surface area contributed by atoms with Crippen molar-refractivity contribution in [1.29, 1.82) is 0 Å². The van der Waals surface area contributed by atoms with Gasteiger partial charge >= 0.3 is 0 Å². The third kappa shape index (κ3) is 4.01. The molecule has 0 atom stereocenters. The van der Waals surface area contributed by atoms with E-state index < -0.39 is 0 Å². The number of hydrogen-bond donors (Lipinski definition) is 0. The third-order valence-corrected chi connectivity index (χ3v) is 5.14. The van der Waals surface area contributed by atoms with Crippen LogP contribution in [0, 0.1) is 13.8 Å². The van der Waals surface area contributed by atoms with E-state index >= 15 is 0 Å². The largest absolute Gasteiger partial charge is 0.306 e. The summed E-state index contributed by atoms with van der Waals surface area (Å²) in [5.74, 6) is 0.364. The second-order valence-corrected chi connectivity index (χ2v) is 7.37. The Bertz CT molecular complexity index is 1260. The van der Waals surface area contributed by atoms with Gasteiger partial charge in [-0.2, -0.15) is 0 Å². The maximum Gasteiger partial charge on any atom is 0.261 e. The molecule has 30 heavy (non-hydrogen) atoms. The molecular formula is C25H23N3O2. The average molecular weight is 397 g/mol. The van der Waals surface area contributed by atoms with E-state index in [1.165, 1.54) is 4.57 Å². The molecule has 0 aliphatic rings. The number of carbonyl (C=O) groups excluding carboxylic acids is 1. The number of anilines is 1. The highest BCUT2D eigenvalue weighted by atomic mass is 16.2. The molecule has 1 aromatic heterocycles.